The minimum Gasteiger partial charge on any atom is -0.390 e. The largest absolute Gasteiger partial charge is 0.390 e. The molecule has 0 bridgehead atoms. The SMILES string of the molecule is OC(Cc1ccccn1)C1OCCc2ccccc21. The van der Waals surface area contributed by atoms with Crippen LogP contribution in [-0.4, -0.2) is 22.8 Å². The Balaban J connectivity index is 1.80. The maximum atomic E-state index is 10.4. The number of nitrogens with zero attached hydrogens (tertiary/aromatic N) is 1. The molecule has 0 amide bonds. The molecule has 3 nitrogen and oxygen atoms in total. The molecule has 19 heavy (non-hydrogen) atoms. The number of hydrogen-bond acceptors (Lipinski definition) is 3. The Morgan fingerprint density at radius 3 is 2.89 bits per heavy atom. The molecule has 0 radical (unpaired) electrons. The van der Waals surface area contributed by atoms with Gasteiger partial charge in [0.2, 0.25) is 0 Å². The molecule has 0 saturated heterocycles. The van der Waals surface area contributed by atoms with E-state index in [1.165, 1.54) is 5.56 Å². The highest BCUT2D eigenvalue weighted by Crippen LogP contribution is 2.30. The molecule has 0 spiro atoms. The molecule has 2 atom stereocenters. The molecule has 3 heteroatoms. The molecule has 1 aromatic heterocycles. The predicted molar refractivity (Wildman–Crippen MR) is 72.8 cm³/mol. The number of benzene rings is 1. The molecule has 2 heterocycles. The van der Waals surface area contributed by atoms with Crippen molar-refractivity contribution in [2.24, 2.45) is 0 Å². The monoisotopic (exact) mass is 255 g/mol. The van der Waals surface area contributed by atoms with Gasteiger partial charge in [0.15, 0.2) is 0 Å². The van der Waals surface area contributed by atoms with Crippen LogP contribution < -0.4 is 0 Å². The highest BCUT2D eigenvalue weighted by atomic mass is 16.5. The Morgan fingerprint density at radius 2 is 2.05 bits per heavy atom. The van der Waals surface area contributed by atoms with Crippen LogP contribution in [0.25, 0.3) is 0 Å². The van der Waals surface area contributed by atoms with Gasteiger partial charge in [-0.2, -0.15) is 0 Å². The first-order valence-electron chi connectivity index (χ1n) is 6.62. The van der Waals surface area contributed by atoms with E-state index < -0.39 is 6.10 Å². The Labute approximate surface area is 112 Å². The number of aliphatic hydroxyl groups excluding tert-OH is 1. The van der Waals surface area contributed by atoms with E-state index >= 15 is 0 Å². The van der Waals surface area contributed by atoms with Crippen molar-refractivity contribution in [1.82, 2.24) is 4.98 Å². The van der Waals surface area contributed by atoms with E-state index in [0.29, 0.717) is 13.0 Å². The number of aliphatic hydroxyl groups is 1. The lowest BCUT2D eigenvalue weighted by Crippen LogP contribution is -2.28. The lowest BCUT2D eigenvalue weighted by Gasteiger charge is -2.29. The second-order valence-corrected chi connectivity index (χ2v) is 4.83. The molecule has 0 fully saturated rings. The van der Waals surface area contributed by atoms with Crippen LogP contribution in [0.15, 0.2) is 48.7 Å². The van der Waals surface area contributed by atoms with E-state index in [1.807, 2.05) is 36.4 Å². The maximum absolute atomic E-state index is 10.4. The standard InChI is InChI=1S/C16H17NO2/c18-15(11-13-6-3-4-9-17-13)16-14-7-2-1-5-12(14)8-10-19-16/h1-7,9,15-16,18H,8,10-11H2. The minimum absolute atomic E-state index is 0.244. The molecular formula is C16H17NO2. The average Bonchev–Trinajstić information content (AvgIpc) is 2.47. The van der Waals surface area contributed by atoms with Crippen molar-refractivity contribution >= 4 is 0 Å². The third-order valence-electron chi connectivity index (χ3n) is 3.52. The number of aromatic nitrogens is 1. The maximum Gasteiger partial charge on any atom is 0.109 e. The van der Waals surface area contributed by atoms with Gasteiger partial charge in [0.1, 0.15) is 6.10 Å². The first kappa shape index (κ1) is 12.3. The molecule has 1 aromatic carbocycles. The van der Waals surface area contributed by atoms with Gasteiger partial charge in [-0.05, 0) is 29.7 Å². The topological polar surface area (TPSA) is 42.4 Å². The minimum atomic E-state index is -0.559. The van der Waals surface area contributed by atoms with Crippen LogP contribution in [0.3, 0.4) is 0 Å². The number of ether oxygens (including phenoxy) is 1. The van der Waals surface area contributed by atoms with Crippen LogP contribution in [0, 0.1) is 0 Å². The summed E-state index contributed by atoms with van der Waals surface area (Å²) in [5.41, 5.74) is 3.28. The zero-order valence-corrected chi connectivity index (χ0v) is 10.7. The van der Waals surface area contributed by atoms with Gasteiger partial charge in [-0.15, -0.1) is 0 Å². The average molecular weight is 255 g/mol. The Hall–Kier alpha value is -1.71. The van der Waals surface area contributed by atoms with Crippen LogP contribution in [0.1, 0.15) is 22.9 Å². The van der Waals surface area contributed by atoms with Crippen molar-refractivity contribution in [3.8, 4) is 0 Å². The smallest absolute Gasteiger partial charge is 0.109 e. The van der Waals surface area contributed by atoms with Crippen LogP contribution in [0.5, 0.6) is 0 Å². The first-order valence-corrected chi connectivity index (χ1v) is 6.62. The fourth-order valence-electron chi connectivity index (χ4n) is 2.58. The quantitative estimate of drug-likeness (QED) is 0.915. The van der Waals surface area contributed by atoms with Crippen molar-refractivity contribution in [3.63, 3.8) is 0 Å². The number of hydrogen-bond donors (Lipinski definition) is 1. The van der Waals surface area contributed by atoms with Gasteiger partial charge in [0.25, 0.3) is 0 Å². The van der Waals surface area contributed by atoms with Crippen molar-refractivity contribution in [1.29, 1.82) is 0 Å². The van der Waals surface area contributed by atoms with E-state index in [9.17, 15) is 5.11 Å². The van der Waals surface area contributed by atoms with Crippen LogP contribution in [0.2, 0.25) is 0 Å². The van der Waals surface area contributed by atoms with Crippen LogP contribution in [-0.2, 0) is 17.6 Å². The van der Waals surface area contributed by atoms with Gasteiger partial charge in [-0.1, -0.05) is 30.3 Å². The molecular weight excluding hydrogens is 238 g/mol. The fraction of sp³-hybridized carbons (Fsp3) is 0.312. The molecule has 1 N–H and O–H groups in total. The number of pyridine rings is 1. The summed E-state index contributed by atoms with van der Waals surface area (Å²) in [5, 5.41) is 10.4. The summed E-state index contributed by atoms with van der Waals surface area (Å²) in [4.78, 5) is 4.25. The van der Waals surface area contributed by atoms with E-state index in [1.54, 1.807) is 6.20 Å². The summed E-state index contributed by atoms with van der Waals surface area (Å²) < 4.78 is 5.76. The van der Waals surface area contributed by atoms with Crippen LogP contribution in [0.4, 0.5) is 0 Å². The Kier molecular flexibility index (Phi) is 3.58. The normalized spacial score (nSPS) is 19.7. The number of rotatable bonds is 3. The fourth-order valence-corrected chi connectivity index (χ4v) is 2.58. The van der Waals surface area contributed by atoms with E-state index in [-0.39, 0.29) is 6.10 Å². The third-order valence-corrected chi connectivity index (χ3v) is 3.52. The van der Waals surface area contributed by atoms with Gasteiger partial charge in [0, 0.05) is 18.3 Å². The van der Waals surface area contributed by atoms with Gasteiger partial charge in [0.05, 0.1) is 12.7 Å². The van der Waals surface area contributed by atoms with Crippen molar-refractivity contribution in [2.45, 2.75) is 25.0 Å². The molecule has 3 rings (SSSR count). The van der Waals surface area contributed by atoms with Crippen molar-refractivity contribution in [3.05, 3.63) is 65.5 Å². The third kappa shape index (κ3) is 2.67. The lowest BCUT2D eigenvalue weighted by molar-refractivity contribution is -0.0464. The molecule has 1 aliphatic heterocycles. The molecule has 2 aromatic rings. The molecule has 1 aliphatic rings. The van der Waals surface area contributed by atoms with E-state index in [0.717, 1.165) is 17.7 Å². The van der Waals surface area contributed by atoms with E-state index in [2.05, 4.69) is 11.1 Å². The summed E-state index contributed by atoms with van der Waals surface area (Å²) in [6.07, 6.45) is 2.38. The molecule has 0 saturated carbocycles. The Morgan fingerprint density at radius 1 is 1.21 bits per heavy atom. The molecule has 98 valence electrons. The molecule has 0 aliphatic carbocycles. The highest BCUT2D eigenvalue weighted by Gasteiger charge is 2.27. The second-order valence-electron chi connectivity index (χ2n) is 4.83. The van der Waals surface area contributed by atoms with Gasteiger partial charge >= 0.3 is 0 Å². The highest BCUT2D eigenvalue weighted by molar-refractivity contribution is 5.31. The summed E-state index contributed by atoms with van der Waals surface area (Å²) in [5.74, 6) is 0. The second kappa shape index (κ2) is 5.51. The zero-order chi connectivity index (χ0) is 13.1. The van der Waals surface area contributed by atoms with Crippen LogP contribution >= 0.6 is 0 Å². The predicted octanol–water partition coefficient (Wildman–Crippen LogP) is 2.30. The first-order chi connectivity index (χ1) is 9.34. The number of fused-ring (bicyclic) bond motifs is 1. The summed E-state index contributed by atoms with van der Waals surface area (Å²) in [7, 11) is 0. The Bertz CT molecular complexity index is 541. The summed E-state index contributed by atoms with van der Waals surface area (Å²) in [6.45, 7) is 0.668. The zero-order valence-electron chi connectivity index (χ0n) is 10.7. The lowest BCUT2D eigenvalue weighted by atomic mass is 9.93. The van der Waals surface area contributed by atoms with Crippen molar-refractivity contribution < 1.29 is 9.84 Å². The van der Waals surface area contributed by atoms with Gasteiger partial charge in [-0.3, -0.25) is 4.98 Å². The summed E-state index contributed by atoms with van der Waals surface area (Å²) >= 11 is 0. The van der Waals surface area contributed by atoms with E-state index in [4.69, 9.17) is 4.74 Å². The summed E-state index contributed by atoms with van der Waals surface area (Å²) in [6, 6.07) is 13.9. The van der Waals surface area contributed by atoms with Gasteiger partial charge in [-0.25, -0.2) is 0 Å². The van der Waals surface area contributed by atoms with Gasteiger partial charge < -0.3 is 9.84 Å². The molecule has 2 unspecified atom stereocenters. The van der Waals surface area contributed by atoms with Crippen molar-refractivity contribution in [2.75, 3.05) is 6.61 Å².